The molecule has 3 rings (SSSR count). The Bertz CT molecular complexity index is 525. The summed E-state index contributed by atoms with van der Waals surface area (Å²) < 4.78 is 0. The molecule has 2 heteroatoms. The lowest BCUT2D eigenvalue weighted by Crippen LogP contribution is -2.43. The lowest BCUT2D eigenvalue weighted by molar-refractivity contribution is 0.148. The molecule has 0 aliphatic carbocycles. The number of benzene rings is 2. The standard InChI is InChI=1S/C18H21N2/c1-19-11-13-20(14-12-19)15-16-7-9-18(10-8-16)17-5-3-2-4-6-17/h2-7,9-10H,11-15H2,1H3. The van der Waals surface area contributed by atoms with Crippen molar-refractivity contribution in [2.75, 3.05) is 33.2 Å². The van der Waals surface area contributed by atoms with E-state index in [0.29, 0.717) is 0 Å². The van der Waals surface area contributed by atoms with Crippen molar-refractivity contribution in [3.05, 3.63) is 60.2 Å². The van der Waals surface area contributed by atoms with Crippen LogP contribution in [0.3, 0.4) is 0 Å². The summed E-state index contributed by atoms with van der Waals surface area (Å²) >= 11 is 0. The first-order valence-electron chi connectivity index (χ1n) is 7.28. The molecule has 1 aliphatic rings. The lowest BCUT2D eigenvalue weighted by Gasteiger charge is -2.32. The van der Waals surface area contributed by atoms with Gasteiger partial charge in [0.25, 0.3) is 0 Å². The number of piperazine rings is 1. The summed E-state index contributed by atoms with van der Waals surface area (Å²) in [7, 11) is 2.19. The Morgan fingerprint density at radius 3 is 2.30 bits per heavy atom. The van der Waals surface area contributed by atoms with Gasteiger partial charge in [-0.15, -0.1) is 0 Å². The Kier molecular flexibility index (Phi) is 4.14. The van der Waals surface area contributed by atoms with Crippen LogP contribution >= 0.6 is 0 Å². The smallest absolute Gasteiger partial charge is 0.0240 e. The van der Waals surface area contributed by atoms with Crippen LogP contribution in [0.5, 0.6) is 0 Å². The molecule has 0 unspecified atom stereocenters. The molecule has 0 bridgehead atoms. The van der Waals surface area contributed by atoms with Crippen molar-refractivity contribution in [2.24, 2.45) is 0 Å². The van der Waals surface area contributed by atoms with Gasteiger partial charge in [0.1, 0.15) is 0 Å². The van der Waals surface area contributed by atoms with Gasteiger partial charge in [0, 0.05) is 32.7 Å². The Labute approximate surface area is 121 Å². The topological polar surface area (TPSA) is 6.48 Å². The highest BCUT2D eigenvalue weighted by Crippen LogP contribution is 2.19. The Morgan fingerprint density at radius 2 is 1.65 bits per heavy atom. The van der Waals surface area contributed by atoms with Crippen LogP contribution in [0.15, 0.2) is 48.5 Å². The van der Waals surface area contributed by atoms with Gasteiger partial charge < -0.3 is 4.90 Å². The average molecular weight is 265 g/mol. The van der Waals surface area contributed by atoms with E-state index in [-0.39, 0.29) is 0 Å². The Hall–Kier alpha value is -1.64. The summed E-state index contributed by atoms with van der Waals surface area (Å²) in [6.45, 7) is 5.67. The van der Waals surface area contributed by atoms with Gasteiger partial charge in [0.15, 0.2) is 0 Å². The molecule has 2 nitrogen and oxygen atoms in total. The van der Waals surface area contributed by atoms with Gasteiger partial charge in [0.05, 0.1) is 0 Å². The molecule has 0 aromatic heterocycles. The van der Waals surface area contributed by atoms with E-state index in [9.17, 15) is 0 Å². The predicted molar refractivity (Wildman–Crippen MR) is 83.5 cm³/mol. The summed E-state index contributed by atoms with van der Waals surface area (Å²) in [6, 6.07) is 20.5. The van der Waals surface area contributed by atoms with Crippen molar-refractivity contribution in [2.45, 2.75) is 6.54 Å². The number of likely N-dealkylation sites (N-methyl/N-ethyl adjacent to an activating group) is 1. The predicted octanol–water partition coefficient (Wildman–Crippen LogP) is 2.90. The van der Waals surface area contributed by atoms with E-state index in [2.05, 4.69) is 71.4 Å². The van der Waals surface area contributed by atoms with E-state index in [4.69, 9.17) is 0 Å². The zero-order valence-corrected chi connectivity index (χ0v) is 12.0. The second-order valence-electron chi connectivity index (χ2n) is 5.55. The van der Waals surface area contributed by atoms with Crippen molar-refractivity contribution in [3.8, 4) is 11.1 Å². The SMILES string of the molecule is CN1CCN(Cc2[c]cc(-c3ccccc3)cc2)CC1. The third-order valence-corrected chi connectivity index (χ3v) is 3.97. The van der Waals surface area contributed by atoms with Crippen molar-refractivity contribution in [1.82, 2.24) is 9.80 Å². The molecule has 1 radical (unpaired) electrons. The monoisotopic (exact) mass is 265 g/mol. The second kappa shape index (κ2) is 6.21. The van der Waals surface area contributed by atoms with Crippen LogP contribution in [0, 0.1) is 6.07 Å². The number of hydrogen-bond donors (Lipinski definition) is 0. The zero-order valence-electron chi connectivity index (χ0n) is 12.0. The van der Waals surface area contributed by atoms with E-state index in [0.717, 1.165) is 19.6 Å². The molecule has 2 aromatic carbocycles. The van der Waals surface area contributed by atoms with Crippen molar-refractivity contribution in [3.63, 3.8) is 0 Å². The fourth-order valence-electron chi connectivity index (χ4n) is 2.61. The molecule has 103 valence electrons. The van der Waals surface area contributed by atoms with E-state index in [1.165, 1.54) is 29.8 Å². The quantitative estimate of drug-likeness (QED) is 0.842. The van der Waals surface area contributed by atoms with Crippen LogP contribution in [0.4, 0.5) is 0 Å². The van der Waals surface area contributed by atoms with E-state index < -0.39 is 0 Å². The minimum Gasteiger partial charge on any atom is -0.304 e. The minimum atomic E-state index is 1.02. The largest absolute Gasteiger partial charge is 0.304 e. The molecule has 0 N–H and O–H groups in total. The minimum absolute atomic E-state index is 1.02. The average Bonchev–Trinajstić information content (AvgIpc) is 2.51. The molecule has 1 aliphatic heterocycles. The maximum atomic E-state index is 3.44. The van der Waals surface area contributed by atoms with Gasteiger partial charge in [0.2, 0.25) is 0 Å². The molecule has 0 atom stereocenters. The van der Waals surface area contributed by atoms with Crippen molar-refractivity contribution in [1.29, 1.82) is 0 Å². The highest BCUT2D eigenvalue weighted by atomic mass is 15.2. The van der Waals surface area contributed by atoms with Crippen LogP contribution in [-0.4, -0.2) is 43.0 Å². The third-order valence-electron chi connectivity index (χ3n) is 3.97. The van der Waals surface area contributed by atoms with Gasteiger partial charge in [-0.3, -0.25) is 4.90 Å². The molecule has 0 amide bonds. The number of nitrogens with zero attached hydrogens (tertiary/aromatic N) is 2. The fourth-order valence-corrected chi connectivity index (χ4v) is 2.61. The van der Waals surface area contributed by atoms with E-state index >= 15 is 0 Å². The van der Waals surface area contributed by atoms with Crippen LogP contribution in [-0.2, 0) is 6.54 Å². The normalized spacial score (nSPS) is 17.2. The fraction of sp³-hybridized carbons (Fsp3) is 0.333. The highest BCUT2D eigenvalue weighted by Gasteiger charge is 2.13. The molecular formula is C18H21N2. The van der Waals surface area contributed by atoms with Gasteiger partial charge >= 0.3 is 0 Å². The number of hydrogen-bond acceptors (Lipinski definition) is 2. The van der Waals surface area contributed by atoms with Crippen molar-refractivity contribution >= 4 is 0 Å². The van der Waals surface area contributed by atoms with Gasteiger partial charge in [-0.05, 0) is 35.9 Å². The van der Waals surface area contributed by atoms with Gasteiger partial charge in [-0.1, -0.05) is 42.5 Å². The first-order chi connectivity index (χ1) is 9.81. The van der Waals surface area contributed by atoms with Gasteiger partial charge in [-0.2, -0.15) is 0 Å². The highest BCUT2D eigenvalue weighted by molar-refractivity contribution is 5.63. The maximum Gasteiger partial charge on any atom is 0.0240 e. The Morgan fingerprint density at radius 1 is 0.900 bits per heavy atom. The summed E-state index contributed by atoms with van der Waals surface area (Å²) in [5, 5.41) is 0. The zero-order chi connectivity index (χ0) is 13.8. The number of rotatable bonds is 3. The van der Waals surface area contributed by atoms with Crippen LogP contribution in [0.1, 0.15) is 5.56 Å². The molecule has 1 saturated heterocycles. The Balaban J connectivity index is 1.65. The molecule has 1 heterocycles. The molecule has 2 aromatic rings. The van der Waals surface area contributed by atoms with Crippen LogP contribution in [0.25, 0.3) is 11.1 Å². The second-order valence-corrected chi connectivity index (χ2v) is 5.55. The summed E-state index contributed by atoms with van der Waals surface area (Å²) in [5.74, 6) is 0. The maximum absolute atomic E-state index is 3.44. The summed E-state index contributed by atoms with van der Waals surface area (Å²) in [5.41, 5.74) is 3.79. The summed E-state index contributed by atoms with van der Waals surface area (Å²) in [6.07, 6.45) is 0. The first kappa shape index (κ1) is 13.3. The van der Waals surface area contributed by atoms with E-state index in [1.54, 1.807) is 0 Å². The lowest BCUT2D eigenvalue weighted by atomic mass is 10.0. The molecule has 0 spiro atoms. The molecule has 1 fully saturated rings. The third kappa shape index (κ3) is 3.27. The molecular weight excluding hydrogens is 244 g/mol. The molecule has 20 heavy (non-hydrogen) atoms. The van der Waals surface area contributed by atoms with Crippen LogP contribution < -0.4 is 0 Å². The van der Waals surface area contributed by atoms with Crippen LogP contribution in [0.2, 0.25) is 0 Å². The van der Waals surface area contributed by atoms with Crippen molar-refractivity contribution < 1.29 is 0 Å². The first-order valence-corrected chi connectivity index (χ1v) is 7.28. The molecule has 0 saturated carbocycles. The van der Waals surface area contributed by atoms with Gasteiger partial charge in [-0.25, -0.2) is 0 Å². The van der Waals surface area contributed by atoms with E-state index in [1.807, 2.05) is 0 Å². The summed E-state index contributed by atoms with van der Waals surface area (Å²) in [4.78, 5) is 4.90.